The molecular weight excluding hydrogens is 714 g/mol. The van der Waals surface area contributed by atoms with Crippen molar-refractivity contribution in [2.45, 2.75) is 121 Å². The fourth-order valence-corrected chi connectivity index (χ4v) is 4.71. The average Bonchev–Trinajstić information content (AvgIpc) is 3.08. The Balaban J connectivity index is 6.42. The number of carboxylic acids is 1. The van der Waals surface area contributed by atoms with Gasteiger partial charge in [-0.3, -0.25) is 38.8 Å². The molecule has 23 heteroatoms. The summed E-state index contributed by atoms with van der Waals surface area (Å²) in [6.45, 7) is 5.99. The van der Waals surface area contributed by atoms with Crippen molar-refractivity contribution < 1.29 is 48.9 Å². The number of hydrogen-bond acceptors (Lipinski definition) is 12. The molecule has 9 atom stereocenters. The highest BCUT2D eigenvalue weighted by Gasteiger charge is 2.35. The summed E-state index contributed by atoms with van der Waals surface area (Å²) in [5.74, 6) is -7.77. The topological polar surface area (TPSA) is 421 Å². The number of nitrogens with two attached hydrogens (primary N) is 6. The smallest absolute Gasteiger partial charge is 0.326 e. The molecule has 0 aromatic heterocycles. The summed E-state index contributed by atoms with van der Waals surface area (Å²) in [6.07, 6.45) is -3.23. The van der Waals surface area contributed by atoms with Crippen LogP contribution < -0.4 is 61.0 Å². The number of amides is 6. The highest BCUT2D eigenvalue weighted by atomic mass is 16.4. The number of aliphatic hydroxyl groups is 2. The molecule has 0 unspecified atom stereocenters. The summed E-state index contributed by atoms with van der Waals surface area (Å²) >= 11 is 0. The zero-order valence-electron chi connectivity index (χ0n) is 31.1. The molecule has 0 aromatic rings. The molecule has 54 heavy (non-hydrogen) atoms. The maximum atomic E-state index is 13.8. The number of hydrogen-bond donors (Lipinski definition) is 14. The van der Waals surface area contributed by atoms with Crippen LogP contribution in [0, 0.1) is 5.92 Å². The van der Waals surface area contributed by atoms with Crippen molar-refractivity contribution >= 4 is 53.3 Å². The minimum Gasteiger partial charge on any atom is -0.480 e. The summed E-state index contributed by atoms with van der Waals surface area (Å²) in [4.78, 5) is 97.1. The van der Waals surface area contributed by atoms with Gasteiger partial charge >= 0.3 is 5.97 Å². The number of aliphatic imine (C=N–C) groups is 2. The lowest BCUT2D eigenvalue weighted by Crippen LogP contribution is -2.61. The van der Waals surface area contributed by atoms with E-state index in [4.69, 9.17) is 34.4 Å². The van der Waals surface area contributed by atoms with Gasteiger partial charge in [0.25, 0.3) is 0 Å². The quantitative estimate of drug-likeness (QED) is 0.0221. The standard InChI is InChI=1S/C31H59N13O10/c1-5-14(2)21(33)26(50)44-23(16(4)46)27(51)41-17(8-6-12-38-30(34)35)24(48)40-18(9-7-13-39-31(36)37)25(49)43-22(15(3)45)28(52)42-19(29(53)54)10-11-20(32)47/h14-19,21-23,45-46H,5-13,33H2,1-4H3,(H2,32,47)(H,40,48)(H,41,51)(H,42,52)(H,43,49)(H,44,50)(H,53,54)(H4,34,35,38)(H4,36,37,39)/t14-,15+,16+,17-,18-,19-,21-,22-,23-/m0/s1. The van der Waals surface area contributed by atoms with E-state index in [1.807, 2.05) is 6.92 Å². The second kappa shape index (κ2) is 24.9. The number of aliphatic hydroxyl groups excluding tert-OH is 2. The van der Waals surface area contributed by atoms with Crippen LogP contribution in [-0.2, 0) is 33.6 Å². The molecule has 0 saturated carbocycles. The monoisotopic (exact) mass is 773 g/mol. The number of nitrogens with one attached hydrogen (secondary N) is 5. The van der Waals surface area contributed by atoms with Crippen LogP contribution in [0.4, 0.5) is 0 Å². The predicted octanol–water partition coefficient (Wildman–Crippen LogP) is -6.00. The number of carboxylic acid groups (broad SMARTS) is 1. The number of carbonyl (C=O) groups is 7. The first-order valence-corrected chi connectivity index (χ1v) is 17.4. The minimum atomic E-state index is -1.74. The van der Waals surface area contributed by atoms with Crippen molar-refractivity contribution in [1.82, 2.24) is 26.6 Å². The van der Waals surface area contributed by atoms with E-state index in [2.05, 4.69) is 36.6 Å². The molecule has 0 radical (unpaired) electrons. The summed E-state index contributed by atoms with van der Waals surface area (Å²) in [7, 11) is 0. The van der Waals surface area contributed by atoms with Crippen molar-refractivity contribution in [3.63, 3.8) is 0 Å². The number of aliphatic carboxylic acids is 1. The van der Waals surface area contributed by atoms with E-state index in [0.29, 0.717) is 6.42 Å². The van der Waals surface area contributed by atoms with Crippen LogP contribution in [0.5, 0.6) is 0 Å². The predicted molar refractivity (Wildman–Crippen MR) is 196 cm³/mol. The Morgan fingerprint density at radius 1 is 0.593 bits per heavy atom. The first kappa shape index (κ1) is 48.7. The summed E-state index contributed by atoms with van der Waals surface area (Å²) in [5.41, 5.74) is 32.6. The van der Waals surface area contributed by atoms with Crippen molar-refractivity contribution in [2.75, 3.05) is 13.1 Å². The van der Waals surface area contributed by atoms with Crippen LogP contribution >= 0.6 is 0 Å². The Morgan fingerprint density at radius 2 is 0.981 bits per heavy atom. The molecule has 0 spiro atoms. The van der Waals surface area contributed by atoms with Crippen LogP contribution in [0.3, 0.4) is 0 Å². The van der Waals surface area contributed by atoms with E-state index in [1.165, 1.54) is 6.92 Å². The normalized spacial score (nSPS) is 15.9. The molecule has 0 aliphatic heterocycles. The Hall–Kier alpha value is -5.29. The van der Waals surface area contributed by atoms with E-state index in [-0.39, 0.29) is 69.5 Å². The van der Waals surface area contributed by atoms with E-state index >= 15 is 0 Å². The third-order valence-corrected chi connectivity index (χ3v) is 8.14. The fraction of sp³-hybridized carbons (Fsp3) is 0.710. The van der Waals surface area contributed by atoms with Gasteiger partial charge in [-0.25, -0.2) is 4.79 Å². The highest BCUT2D eigenvalue weighted by Crippen LogP contribution is 2.09. The Morgan fingerprint density at radius 3 is 1.35 bits per heavy atom. The van der Waals surface area contributed by atoms with E-state index in [0.717, 1.165) is 6.92 Å². The Labute approximate surface area is 313 Å². The average molecular weight is 774 g/mol. The molecule has 20 N–H and O–H groups in total. The first-order chi connectivity index (χ1) is 25.1. The van der Waals surface area contributed by atoms with Crippen molar-refractivity contribution in [3.8, 4) is 0 Å². The van der Waals surface area contributed by atoms with Gasteiger partial charge in [0.1, 0.15) is 30.2 Å². The van der Waals surface area contributed by atoms with Gasteiger partial charge in [0.15, 0.2) is 11.9 Å². The summed E-state index contributed by atoms with van der Waals surface area (Å²) in [5, 5.41) is 42.0. The maximum Gasteiger partial charge on any atom is 0.326 e. The van der Waals surface area contributed by atoms with Crippen LogP contribution in [0.1, 0.15) is 72.6 Å². The molecule has 0 heterocycles. The van der Waals surface area contributed by atoms with E-state index in [1.54, 1.807) is 6.92 Å². The van der Waals surface area contributed by atoms with Gasteiger partial charge in [-0.2, -0.15) is 0 Å². The lowest BCUT2D eigenvalue weighted by molar-refractivity contribution is -0.143. The lowest BCUT2D eigenvalue weighted by atomic mass is 9.98. The largest absolute Gasteiger partial charge is 0.480 e. The summed E-state index contributed by atoms with van der Waals surface area (Å²) in [6, 6.07) is -8.73. The molecule has 0 saturated heterocycles. The molecule has 23 nitrogen and oxygen atoms in total. The van der Waals surface area contributed by atoms with Crippen LogP contribution in [0.25, 0.3) is 0 Å². The molecule has 0 bridgehead atoms. The third kappa shape index (κ3) is 19.0. The lowest BCUT2D eigenvalue weighted by Gasteiger charge is -2.28. The van der Waals surface area contributed by atoms with Gasteiger partial charge in [-0.15, -0.1) is 0 Å². The van der Waals surface area contributed by atoms with Crippen LogP contribution in [0.15, 0.2) is 9.98 Å². The van der Waals surface area contributed by atoms with Crippen LogP contribution in [0.2, 0.25) is 0 Å². The zero-order valence-corrected chi connectivity index (χ0v) is 31.1. The molecule has 0 aromatic carbocycles. The highest BCUT2D eigenvalue weighted by molar-refractivity contribution is 5.96. The van der Waals surface area contributed by atoms with Crippen molar-refractivity contribution in [1.29, 1.82) is 0 Å². The van der Waals surface area contributed by atoms with E-state index < -0.39 is 89.9 Å². The minimum absolute atomic E-state index is 0.00961. The number of rotatable bonds is 26. The van der Waals surface area contributed by atoms with Gasteiger partial charge in [0.05, 0.1) is 18.2 Å². The van der Waals surface area contributed by atoms with Crippen molar-refractivity contribution in [3.05, 3.63) is 0 Å². The number of guanidine groups is 2. The van der Waals surface area contributed by atoms with Gasteiger partial charge in [0, 0.05) is 19.5 Å². The van der Waals surface area contributed by atoms with Crippen LogP contribution in [-0.4, -0.2) is 130 Å². The van der Waals surface area contributed by atoms with Gasteiger partial charge in [-0.05, 0) is 51.9 Å². The molecule has 0 aliphatic rings. The molecule has 0 aliphatic carbocycles. The number of primary amides is 1. The Bertz CT molecular complexity index is 1340. The molecular formula is C31H59N13O10. The second-order valence-corrected chi connectivity index (χ2v) is 12.8. The molecule has 6 amide bonds. The molecule has 0 fully saturated rings. The maximum absolute atomic E-state index is 13.8. The summed E-state index contributed by atoms with van der Waals surface area (Å²) < 4.78 is 0. The van der Waals surface area contributed by atoms with Gasteiger partial charge in [0.2, 0.25) is 35.4 Å². The molecule has 308 valence electrons. The number of carbonyl (C=O) groups excluding carboxylic acids is 6. The number of nitrogens with zero attached hydrogens (tertiary/aromatic N) is 2. The zero-order chi connectivity index (χ0) is 41.7. The van der Waals surface area contributed by atoms with Gasteiger partial charge in [-0.1, -0.05) is 20.3 Å². The fourth-order valence-electron chi connectivity index (χ4n) is 4.71. The first-order valence-electron chi connectivity index (χ1n) is 17.4. The molecule has 0 rings (SSSR count). The Kier molecular flexibility index (Phi) is 22.4. The van der Waals surface area contributed by atoms with Crippen molar-refractivity contribution in [2.24, 2.45) is 50.3 Å². The van der Waals surface area contributed by atoms with E-state index in [9.17, 15) is 48.9 Å². The second-order valence-electron chi connectivity index (χ2n) is 12.8. The van der Waals surface area contributed by atoms with Gasteiger partial charge < -0.3 is 76.3 Å². The SMILES string of the molecule is CC[C@H](C)[C@H](N)C(=O)N[C@H](C(=O)N[C@@H](CCCN=C(N)N)C(=O)N[C@@H](CCCN=C(N)N)C(=O)N[C@H](C(=O)N[C@@H](CCC(N)=O)C(=O)O)[C@@H](C)O)[C@@H](C)O. The third-order valence-electron chi connectivity index (χ3n) is 8.14.